The van der Waals surface area contributed by atoms with E-state index in [1.807, 2.05) is 6.07 Å². The van der Waals surface area contributed by atoms with Crippen molar-refractivity contribution in [1.82, 2.24) is 14.5 Å². The molecule has 0 unspecified atom stereocenters. The van der Waals surface area contributed by atoms with Crippen LogP contribution >= 0.6 is 0 Å². The van der Waals surface area contributed by atoms with Gasteiger partial charge in [0.15, 0.2) is 11.5 Å². The molecule has 1 aromatic heterocycles. The first kappa shape index (κ1) is 22.4. The number of hydrogen-bond acceptors (Lipinski definition) is 4. The molecule has 0 saturated carbocycles. The fraction of sp³-hybridized carbons (Fsp3) is 0.444. The van der Waals surface area contributed by atoms with Gasteiger partial charge in [-0.1, -0.05) is 56.7 Å². The van der Waals surface area contributed by atoms with Gasteiger partial charge in [-0.05, 0) is 44.4 Å². The highest BCUT2D eigenvalue weighted by Gasteiger charge is 2.27. The van der Waals surface area contributed by atoms with E-state index in [2.05, 4.69) is 85.8 Å². The van der Waals surface area contributed by atoms with Crippen LogP contribution in [0.1, 0.15) is 58.2 Å². The van der Waals surface area contributed by atoms with Crippen molar-refractivity contribution < 1.29 is 9.47 Å². The third-order valence-electron chi connectivity index (χ3n) is 6.59. The molecule has 4 rings (SSSR count). The lowest BCUT2D eigenvalue weighted by Crippen LogP contribution is -2.42. The first-order valence-corrected chi connectivity index (χ1v) is 11.7. The smallest absolute Gasteiger partial charge is 0.231 e. The Balaban J connectivity index is 1.64. The highest BCUT2D eigenvalue weighted by Crippen LogP contribution is 2.34. The van der Waals surface area contributed by atoms with Gasteiger partial charge in [-0.25, -0.2) is 4.98 Å². The highest BCUT2D eigenvalue weighted by atomic mass is 16.7. The zero-order valence-electron chi connectivity index (χ0n) is 19.8. The van der Waals surface area contributed by atoms with Gasteiger partial charge in [0.25, 0.3) is 0 Å². The Labute approximate surface area is 192 Å². The SMILES string of the molecule is CCCCn1c(CN(Cc2ccc3c(c2)OCO3)C(C)(C)CC)cnc1-c1ccccc1. The lowest BCUT2D eigenvalue weighted by molar-refractivity contribution is 0.0950. The molecule has 0 spiro atoms. The van der Waals surface area contributed by atoms with Gasteiger partial charge in [-0.15, -0.1) is 0 Å². The van der Waals surface area contributed by atoms with Crippen LogP contribution in [0.2, 0.25) is 0 Å². The Morgan fingerprint density at radius 3 is 2.53 bits per heavy atom. The van der Waals surface area contributed by atoms with Crippen LogP contribution in [0.4, 0.5) is 0 Å². The Kier molecular flexibility index (Phi) is 6.85. The van der Waals surface area contributed by atoms with Crippen molar-refractivity contribution in [3.05, 3.63) is 66.0 Å². The van der Waals surface area contributed by atoms with E-state index in [1.54, 1.807) is 0 Å². The predicted molar refractivity (Wildman–Crippen MR) is 129 cm³/mol. The van der Waals surface area contributed by atoms with Crippen LogP contribution in [-0.2, 0) is 19.6 Å². The highest BCUT2D eigenvalue weighted by molar-refractivity contribution is 5.56. The summed E-state index contributed by atoms with van der Waals surface area (Å²) in [6, 6.07) is 16.8. The molecule has 2 aromatic carbocycles. The van der Waals surface area contributed by atoms with Crippen molar-refractivity contribution in [3.63, 3.8) is 0 Å². The third kappa shape index (κ3) is 4.83. The maximum Gasteiger partial charge on any atom is 0.231 e. The molecular weight excluding hydrogens is 398 g/mol. The van der Waals surface area contributed by atoms with Crippen LogP contribution in [0.5, 0.6) is 11.5 Å². The molecule has 0 amide bonds. The second kappa shape index (κ2) is 9.78. The third-order valence-corrected chi connectivity index (χ3v) is 6.59. The quantitative estimate of drug-likeness (QED) is 0.378. The zero-order chi connectivity index (χ0) is 22.6. The second-order valence-corrected chi connectivity index (χ2v) is 9.15. The Morgan fingerprint density at radius 2 is 1.78 bits per heavy atom. The molecule has 32 heavy (non-hydrogen) atoms. The van der Waals surface area contributed by atoms with Gasteiger partial charge in [-0.2, -0.15) is 0 Å². The van der Waals surface area contributed by atoms with E-state index in [-0.39, 0.29) is 5.54 Å². The number of fused-ring (bicyclic) bond motifs is 1. The van der Waals surface area contributed by atoms with E-state index < -0.39 is 0 Å². The number of nitrogens with zero attached hydrogens (tertiary/aromatic N) is 3. The van der Waals surface area contributed by atoms with Gasteiger partial charge in [0.2, 0.25) is 6.79 Å². The van der Waals surface area contributed by atoms with Gasteiger partial charge < -0.3 is 14.0 Å². The van der Waals surface area contributed by atoms with E-state index in [0.717, 1.165) is 56.2 Å². The lowest BCUT2D eigenvalue weighted by Gasteiger charge is -2.38. The first-order chi connectivity index (χ1) is 15.5. The molecule has 1 aliphatic heterocycles. The van der Waals surface area contributed by atoms with Crippen molar-refractivity contribution in [2.45, 2.75) is 72.1 Å². The van der Waals surface area contributed by atoms with Crippen LogP contribution in [0.3, 0.4) is 0 Å². The van der Waals surface area contributed by atoms with Crippen LogP contribution in [-0.4, -0.2) is 26.8 Å². The van der Waals surface area contributed by atoms with Crippen molar-refractivity contribution >= 4 is 0 Å². The molecule has 0 saturated heterocycles. The van der Waals surface area contributed by atoms with E-state index >= 15 is 0 Å². The average molecular weight is 434 g/mol. The zero-order valence-corrected chi connectivity index (χ0v) is 19.8. The molecule has 5 nitrogen and oxygen atoms in total. The van der Waals surface area contributed by atoms with E-state index in [4.69, 9.17) is 14.5 Å². The molecular formula is C27H35N3O2. The van der Waals surface area contributed by atoms with E-state index in [9.17, 15) is 0 Å². The Morgan fingerprint density at radius 1 is 1.00 bits per heavy atom. The van der Waals surface area contributed by atoms with Crippen molar-refractivity contribution in [1.29, 1.82) is 0 Å². The molecule has 0 radical (unpaired) electrons. The Bertz CT molecular complexity index is 1030. The minimum atomic E-state index is 0.0448. The maximum atomic E-state index is 5.61. The van der Waals surface area contributed by atoms with Crippen molar-refractivity contribution in [2.75, 3.05) is 6.79 Å². The minimum absolute atomic E-state index is 0.0448. The topological polar surface area (TPSA) is 39.5 Å². The average Bonchev–Trinajstić information content (AvgIpc) is 3.44. The molecule has 1 aliphatic rings. The molecule has 0 bridgehead atoms. The number of imidazole rings is 1. The molecule has 0 aliphatic carbocycles. The van der Waals surface area contributed by atoms with Crippen LogP contribution < -0.4 is 9.47 Å². The number of benzene rings is 2. The summed E-state index contributed by atoms with van der Waals surface area (Å²) in [5.74, 6) is 2.74. The fourth-order valence-corrected chi connectivity index (χ4v) is 4.08. The fourth-order valence-electron chi connectivity index (χ4n) is 4.08. The van der Waals surface area contributed by atoms with Crippen molar-refractivity contribution in [2.24, 2.45) is 0 Å². The minimum Gasteiger partial charge on any atom is -0.454 e. The largest absolute Gasteiger partial charge is 0.454 e. The van der Waals surface area contributed by atoms with Gasteiger partial charge in [-0.3, -0.25) is 4.90 Å². The predicted octanol–water partition coefficient (Wildman–Crippen LogP) is 6.27. The summed E-state index contributed by atoms with van der Waals surface area (Å²) >= 11 is 0. The van der Waals surface area contributed by atoms with Crippen LogP contribution in [0.25, 0.3) is 11.4 Å². The van der Waals surface area contributed by atoms with Gasteiger partial charge in [0.05, 0.1) is 11.9 Å². The number of aromatic nitrogens is 2. The molecule has 0 fully saturated rings. The Hall–Kier alpha value is -2.79. The van der Waals surface area contributed by atoms with Gasteiger partial charge >= 0.3 is 0 Å². The summed E-state index contributed by atoms with van der Waals surface area (Å²) in [4.78, 5) is 7.41. The van der Waals surface area contributed by atoms with Crippen LogP contribution in [0.15, 0.2) is 54.7 Å². The second-order valence-electron chi connectivity index (χ2n) is 9.15. The molecule has 0 atom stereocenters. The molecule has 170 valence electrons. The van der Waals surface area contributed by atoms with Gasteiger partial charge in [0, 0.05) is 30.7 Å². The first-order valence-electron chi connectivity index (χ1n) is 11.7. The molecule has 3 aromatic rings. The normalized spacial score (nSPS) is 13.2. The number of unbranched alkanes of at least 4 members (excludes halogenated alkanes) is 1. The molecule has 2 heterocycles. The van der Waals surface area contributed by atoms with E-state index in [0.29, 0.717) is 6.79 Å². The van der Waals surface area contributed by atoms with Crippen LogP contribution in [0, 0.1) is 0 Å². The summed E-state index contributed by atoms with van der Waals surface area (Å²) < 4.78 is 13.5. The summed E-state index contributed by atoms with van der Waals surface area (Å²) in [7, 11) is 0. The lowest BCUT2D eigenvalue weighted by atomic mass is 9.97. The summed E-state index contributed by atoms with van der Waals surface area (Å²) in [6.45, 7) is 12.1. The number of ether oxygens (including phenoxy) is 2. The number of hydrogen-bond donors (Lipinski definition) is 0. The van der Waals surface area contributed by atoms with Crippen molar-refractivity contribution in [3.8, 4) is 22.9 Å². The molecule has 0 N–H and O–H groups in total. The summed E-state index contributed by atoms with van der Waals surface area (Å²) in [5, 5.41) is 0. The standard InChI is InChI=1S/C27H35N3O2/c1-5-7-15-30-23(17-28-26(30)22-11-9-8-10-12-22)19-29(27(3,4)6-2)18-21-13-14-24-25(16-21)32-20-31-24/h8-14,16-17H,5-7,15,18-20H2,1-4H3. The molecule has 5 heteroatoms. The monoisotopic (exact) mass is 433 g/mol. The summed E-state index contributed by atoms with van der Waals surface area (Å²) in [5.41, 5.74) is 3.72. The van der Waals surface area contributed by atoms with Gasteiger partial charge in [0.1, 0.15) is 5.82 Å². The summed E-state index contributed by atoms with van der Waals surface area (Å²) in [6.07, 6.45) is 5.43. The van der Waals surface area contributed by atoms with E-state index in [1.165, 1.54) is 16.8 Å². The maximum absolute atomic E-state index is 5.61. The number of rotatable bonds is 10.